The second kappa shape index (κ2) is 4.92. The van der Waals surface area contributed by atoms with E-state index in [-0.39, 0.29) is 10.8 Å². The first kappa shape index (κ1) is 14.7. The lowest BCUT2D eigenvalue weighted by atomic mass is 9.98. The van der Waals surface area contributed by atoms with Gasteiger partial charge in [-0.1, -0.05) is 0 Å². The van der Waals surface area contributed by atoms with Gasteiger partial charge in [0.25, 0.3) is 0 Å². The van der Waals surface area contributed by atoms with Crippen LogP contribution in [0.25, 0.3) is 42.4 Å². The lowest BCUT2D eigenvalue weighted by Crippen LogP contribution is -1.98. The van der Waals surface area contributed by atoms with Crippen molar-refractivity contribution in [3.63, 3.8) is 0 Å². The van der Waals surface area contributed by atoms with Crippen molar-refractivity contribution < 1.29 is 17.6 Å². The van der Waals surface area contributed by atoms with E-state index >= 15 is 0 Å². The van der Waals surface area contributed by atoms with Gasteiger partial charge < -0.3 is 0 Å². The number of rotatable bonds is 0. The van der Waals surface area contributed by atoms with Crippen molar-refractivity contribution >= 4 is 53.7 Å². The Morgan fingerprint density at radius 2 is 1.00 bits per heavy atom. The minimum Gasteiger partial charge on any atom is -0.203 e. The van der Waals surface area contributed by atoms with Gasteiger partial charge in [-0.25, -0.2) is 17.6 Å². The van der Waals surface area contributed by atoms with E-state index in [2.05, 4.69) is 0 Å². The Bertz CT molecular complexity index is 1230. The largest absolute Gasteiger partial charge is 0.203 e. The third-order valence-corrected chi connectivity index (χ3v) is 5.43. The predicted molar refractivity (Wildman–Crippen MR) is 94.2 cm³/mol. The molecule has 0 aliphatic heterocycles. The summed E-state index contributed by atoms with van der Waals surface area (Å²) in [6.07, 6.45) is 0. The first-order chi connectivity index (χ1) is 12.0. The number of hydrogen-bond donors (Lipinski definition) is 0. The molecule has 0 spiro atoms. The molecule has 0 unspecified atom stereocenters. The first-order valence-electron chi connectivity index (χ1n) is 7.53. The van der Waals surface area contributed by atoms with Gasteiger partial charge in [0, 0.05) is 15.5 Å². The normalized spacial score (nSPS) is 12.0. The number of hydrogen-bond acceptors (Lipinski definition) is 1. The lowest BCUT2D eigenvalue weighted by molar-refractivity contribution is 0.418. The topological polar surface area (TPSA) is 0 Å². The van der Waals surface area contributed by atoms with Crippen molar-refractivity contribution in [3.05, 3.63) is 71.1 Å². The molecule has 0 amide bonds. The summed E-state index contributed by atoms with van der Waals surface area (Å²) in [4.78, 5) is 0. The van der Waals surface area contributed by atoms with E-state index in [0.29, 0.717) is 10.8 Å². The van der Waals surface area contributed by atoms with Crippen molar-refractivity contribution in [2.45, 2.75) is 0 Å². The van der Waals surface area contributed by atoms with Crippen molar-refractivity contribution in [2.24, 2.45) is 0 Å². The zero-order valence-electron chi connectivity index (χ0n) is 12.5. The molecule has 0 fully saturated rings. The Morgan fingerprint density at radius 1 is 0.520 bits per heavy atom. The highest BCUT2D eigenvalue weighted by atomic mass is 32.1. The Kier molecular flexibility index (Phi) is 2.89. The van der Waals surface area contributed by atoms with E-state index in [1.807, 2.05) is 35.7 Å². The molecule has 1 aromatic heterocycles. The van der Waals surface area contributed by atoms with Crippen LogP contribution in [0.2, 0.25) is 0 Å². The minimum absolute atomic E-state index is 0.263. The highest BCUT2D eigenvalue weighted by Crippen LogP contribution is 2.34. The smallest absolute Gasteiger partial charge is 0.198 e. The van der Waals surface area contributed by atoms with E-state index in [1.54, 1.807) is 11.3 Å². The number of thiophene rings is 1. The molecule has 0 saturated heterocycles. The number of benzene rings is 4. The summed E-state index contributed by atoms with van der Waals surface area (Å²) in [6.45, 7) is 0. The Morgan fingerprint density at radius 3 is 1.60 bits per heavy atom. The van der Waals surface area contributed by atoms with Crippen LogP contribution in [0.4, 0.5) is 17.6 Å². The quantitative estimate of drug-likeness (QED) is 0.122. The molecular formula is C20H8F4S. The van der Waals surface area contributed by atoms with Gasteiger partial charge in [-0.2, -0.15) is 0 Å². The molecule has 0 aliphatic carbocycles. The average molecular weight is 356 g/mol. The highest BCUT2D eigenvalue weighted by molar-refractivity contribution is 7.17. The molecule has 0 bridgehead atoms. The van der Waals surface area contributed by atoms with Gasteiger partial charge in [-0.05, 0) is 74.8 Å². The van der Waals surface area contributed by atoms with E-state index in [0.717, 1.165) is 20.9 Å². The summed E-state index contributed by atoms with van der Waals surface area (Å²) in [7, 11) is 0. The molecule has 0 radical (unpaired) electrons. The molecule has 4 aromatic carbocycles. The fraction of sp³-hybridized carbons (Fsp3) is 0. The summed E-state index contributed by atoms with van der Waals surface area (Å²) in [5, 5.41) is 5.74. The fourth-order valence-corrected chi connectivity index (χ4v) is 4.12. The molecular weight excluding hydrogens is 348 g/mol. The number of fused-ring (bicyclic) bond motifs is 4. The van der Waals surface area contributed by atoms with E-state index < -0.39 is 23.3 Å². The summed E-state index contributed by atoms with van der Waals surface area (Å²) in [6, 6.07) is 12.5. The Balaban J connectivity index is 1.95. The zero-order chi connectivity index (χ0) is 17.3. The predicted octanol–water partition coefficient (Wildman–Crippen LogP) is 6.92. The number of halogens is 4. The summed E-state index contributed by atoms with van der Waals surface area (Å²) >= 11 is 1.62. The molecule has 122 valence electrons. The van der Waals surface area contributed by atoms with Gasteiger partial charge >= 0.3 is 0 Å². The monoisotopic (exact) mass is 356 g/mol. The maximum absolute atomic E-state index is 14.1. The maximum atomic E-state index is 14.1. The van der Waals surface area contributed by atoms with Crippen LogP contribution >= 0.6 is 11.3 Å². The molecule has 5 rings (SSSR count). The average Bonchev–Trinajstić information content (AvgIpc) is 3.07. The molecule has 0 saturated carbocycles. The van der Waals surface area contributed by atoms with Gasteiger partial charge in [-0.3, -0.25) is 0 Å². The summed E-state index contributed by atoms with van der Waals surface area (Å²) in [5.41, 5.74) is 0. The van der Waals surface area contributed by atoms with Crippen LogP contribution in [0, 0.1) is 23.3 Å². The van der Waals surface area contributed by atoms with E-state index in [9.17, 15) is 17.6 Å². The Hall–Kier alpha value is -2.66. The molecule has 1 heterocycles. The van der Waals surface area contributed by atoms with E-state index in [1.165, 1.54) is 12.1 Å². The second-order valence-electron chi connectivity index (χ2n) is 6.01. The minimum atomic E-state index is -1.79. The van der Waals surface area contributed by atoms with Gasteiger partial charge in [-0.15, -0.1) is 11.3 Å². The SMILES string of the molecule is Fc1c(F)c(F)c2cc3cc4cc5sccc5cc4cc3cc2c1F. The molecule has 5 aromatic rings. The van der Waals surface area contributed by atoms with Crippen LogP contribution in [-0.2, 0) is 0 Å². The lowest BCUT2D eigenvalue weighted by Gasteiger charge is -2.08. The van der Waals surface area contributed by atoms with Crippen molar-refractivity contribution in [1.29, 1.82) is 0 Å². The zero-order valence-corrected chi connectivity index (χ0v) is 13.4. The third-order valence-electron chi connectivity index (χ3n) is 4.55. The fourth-order valence-electron chi connectivity index (χ4n) is 3.30. The van der Waals surface area contributed by atoms with Crippen LogP contribution in [0.5, 0.6) is 0 Å². The Labute approximate surface area is 142 Å². The summed E-state index contributed by atoms with van der Waals surface area (Å²) in [5.74, 6) is -6.32. The summed E-state index contributed by atoms with van der Waals surface area (Å²) < 4.78 is 56.3. The molecule has 0 aliphatic rings. The van der Waals surface area contributed by atoms with Crippen LogP contribution in [0.15, 0.2) is 47.8 Å². The van der Waals surface area contributed by atoms with Crippen molar-refractivity contribution in [1.82, 2.24) is 0 Å². The first-order valence-corrected chi connectivity index (χ1v) is 8.41. The second-order valence-corrected chi connectivity index (χ2v) is 6.96. The van der Waals surface area contributed by atoms with Crippen LogP contribution in [0.1, 0.15) is 0 Å². The van der Waals surface area contributed by atoms with Gasteiger partial charge in [0.05, 0.1) is 0 Å². The third kappa shape index (κ3) is 1.99. The van der Waals surface area contributed by atoms with Gasteiger partial charge in [0.15, 0.2) is 23.3 Å². The van der Waals surface area contributed by atoms with Gasteiger partial charge in [0.1, 0.15) is 0 Å². The van der Waals surface area contributed by atoms with Crippen LogP contribution in [-0.4, -0.2) is 0 Å². The van der Waals surface area contributed by atoms with E-state index in [4.69, 9.17) is 0 Å². The standard InChI is InChI=1S/C20H8F4S/c21-17-14-6-11-4-10-3-9-1-2-25-16(9)8-13(10)5-12(11)7-15(14)18(22)20(24)19(17)23/h1-8H. The van der Waals surface area contributed by atoms with Crippen molar-refractivity contribution in [3.8, 4) is 0 Å². The van der Waals surface area contributed by atoms with Crippen LogP contribution in [0.3, 0.4) is 0 Å². The maximum Gasteiger partial charge on any atom is 0.198 e. The molecule has 25 heavy (non-hydrogen) atoms. The molecule has 0 nitrogen and oxygen atoms in total. The van der Waals surface area contributed by atoms with Gasteiger partial charge in [0.2, 0.25) is 0 Å². The highest BCUT2D eigenvalue weighted by Gasteiger charge is 2.20. The molecule has 0 atom stereocenters. The molecule has 5 heteroatoms. The van der Waals surface area contributed by atoms with Crippen LogP contribution < -0.4 is 0 Å². The van der Waals surface area contributed by atoms with Crippen molar-refractivity contribution in [2.75, 3.05) is 0 Å². The molecule has 0 N–H and O–H groups in total.